The van der Waals surface area contributed by atoms with Gasteiger partial charge in [-0.25, -0.2) is 0 Å². The molecular weight excluding hydrogens is 162 g/mol. The molecule has 0 aromatic carbocycles. The minimum Gasteiger partial charge on any atom is -0.300 e. The molecule has 1 fully saturated rings. The number of hydrogen-bond acceptors (Lipinski definition) is 2. The summed E-state index contributed by atoms with van der Waals surface area (Å²) in [6, 6.07) is 0.453. The van der Waals surface area contributed by atoms with Gasteiger partial charge in [0, 0.05) is 19.0 Å². The number of carbonyl (C=O) groups excluding carboxylic acids is 1. The van der Waals surface area contributed by atoms with Gasteiger partial charge < -0.3 is 0 Å². The maximum absolute atomic E-state index is 10.9. The second kappa shape index (κ2) is 4.75. The number of hydrogen-bond donors (Lipinski definition) is 0. The monoisotopic (exact) mass is 183 g/mol. The molecule has 0 amide bonds. The van der Waals surface area contributed by atoms with Crippen LogP contribution in [0.4, 0.5) is 0 Å². The second-order valence-electron chi connectivity index (χ2n) is 4.31. The van der Waals surface area contributed by atoms with Crippen molar-refractivity contribution in [1.82, 2.24) is 4.90 Å². The quantitative estimate of drug-likeness (QED) is 0.665. The number of nitrogens with zero attached hydrogens (tertiary/aromatic N) is 1. The molecule has 1 saturated heterocycles. The Morgan fingerprint density at radius 1 is 1.62 bits per heavy atom. The Bertz CT molecular complexity index is 179. The molecule has 2 unspecified atom stereocenters. The van der Waals surface area contributed by atoms with Crippen molar-refractivity contribution in [2.75, 3.05) is 13.1 Å². The molecular formula is C11H21NO. The molecule has 0 aliphatic carbocycles. The van der Waals surface area contributed by atoms with E-state index in [-0.39, 0.29) is 0 Å². The van der Waals surface area contributed by atoms with Crippen LogP contribution in [-0.4, -0.2) is 29.8 Å². The van der Waals surface area contributed by atoms with Gasteiger partial charge in [-0.2, -0.15) is 0 Å². The lowest BCUT2D eigenvalue weighted by molar-refractivity contribution is -0.118. The molecule has 0 aromatic heterocycles. The zero-order valence-corrected chi connectivity index (χ0v) is 9.05. The highest BCUT2D eigenvalue weighted by molar-refractivity contribution is 5.76. The van der Waals surface area contributed by atoms with Gasteiger partial charge in [0.25, 0.3) is 0 Å². The SMILES string of the molecule is CCC1CCN(C(C)CC(C)=O)C1. The third-order valence-corrected chi connectivity index (χ3v) is 3.10. The molecule has 2 nitrogen and oxygen atoms in total. The van der Waals surface area contributed by atoms with E-state index >= 15 is 0 Å². The van der Waals surface area contributed by atoms with Gasteiger partial charge in [0.15, 0.2) is 0 Å². The van der Waals surface area contributed by atoms with E-state index in [9.17, 15) is 4.79 Å². The Kier molecular flexibility index (Phi) is 3.91. The predicted octanol–water partition coefficient (Wildman–Crippen LogP) is 2.09. The van der Waals surface area contributed by atoms with E-state index in [1.165, 1.54) is 25.9 Å². The smallest absolute Gasteiger partial charge is 0.131 e. The van der Waals surface area contributed by atoms with Crippen LogP contribution in [0.5, 0.6) is 0 Å². The van der Waals surface area contributed by atoms with Crippen LogP contribution in [-0.2, 0) is 4.79 Å². The summed E-state index contributed by atoms with van der Waals surface area (Å²) in [5.74, 6) is 1.18. The van der Waals surface area contributed by atoms with Gasteiger partial charge in [-0.05, 0) is 32.7 Å². The molecule has 1 aliphatic heterocycles. The van der Waals surface area contributed by atoms with Gasteiger partial charge in [0.2, 0.25) is 0 Å². The third-order valence-electron chi connectivity index (χ3n) is 3.10. The molecule has 76 valence electrons. The van der Waals surface area contributed by atoms with Gasteiger partial charge >= 0.3 is 0 Å². The standard InChI is InChI=1S/C11H21NO/c1-4-11-5-6-12(8-11)9(2)7-10(3)13/h9,11H,4-8H2,1-3H3. The highest BCUT2D eigenvalue weighted by atomic mass is 16.1. The predicted molar refractivity (Wildman–Crippen MR) is 54.7 cm³/mol. The van der Waals surface area contributed by atoms with E-state index in [0.717, 1.165) is 12.3 Å². The lowest BCUT2D eigenvalue weighted by Crippen LogP contribution is -2.32. The van der Waals surface area contributed by atoms with Gasteiger partial charge in [-0.3, -0.25) is 9.69 Å². The molecule has 1 rings (SSSR count). The first-order valence-electron chi connectivity index (χ1n) is 5.37. The molecule has 0 spiro atoms. The van der Waals surface area contributed by atoms with Crippen LogP contribution < -0.4 is 0 Å². The Hall–Kier alpha value is -0.370. The topological polar surface area (TPSA) is 20.3 Å². The van der Waals surface area contributed by atoms with Gasteiger partial charge in [-0.1, -0.05) is 13.3 Å². The average molecular weight is 183 g/mol. The summed E-state index contributed by atoms with van der Waals surface area (Å²) in [7, 11) is 0. The fraction of sp³-hybridized carbons (Fsp3) is 0.909. The summed E-state index contributed by atoms with van der Waals surface area (Å²) in [6.45, 7) is 8.49. The van der Waals surface area contributed by atoms with Crippen molar-refractivity contribution in [3.05, 3.63) is 0 Å². The molecule has 0 aromatic rings. The van der Waals surface area contributed by atoms with Gasteiger partial charge in [-0.15, -0.1) is 0 Å². The molecule has 0 bridgehead atoms. The van der Waals surface area contributed by atoms with E-state index in [4.69, 9.17) is 0 Å². The lowest BCUT2D eigenvalue weighted by Gasteiger charge is -2.23. The average Bonchev–Trinajstić information content (AvgIpc) is 2.50. The van der Waals surface area contributed by atoms with Crippen LogP contribution in [0.15, 0.2) is 0 Å². The van der Waals surface area contributed by atoms with Crippen molar-refractivity contribution in [2.24, 2.45) is 5.92 Å². The van der Waals surface area contributed by atoms with Crippen molar-refractivity contribution < 1.29 is 4.79 Å². The lowest BCUT2D eigenvalue weighted by atomic mass is 10.1. The Morgan fingerprint density at radius 2 is 2.31 bits per heavy atom. The van der Waals surface area contributed by atoms with Crippen molar-refractivity contribution in [3.63, 3.8) is 0 Å². The van der Waals surface area contributed by atoms with Gasteiger partial charge in [0.05, 0.1) is 0 Å². The second-order valence-corrected chi connectivity index (χ2v) is 4.31. The molecule has 2 heteroatoms. The number of carbonyl (C=O) groups is 1. The van der Waals surface area contributed by atoms with E-state index < -0.39 is 0 Å². The van der Waals surface area contributed by atoms with Crippen LogP contribution in [0.3, 0.4) is 0 Å². The number of rotatable bonds is 4. The highest BCUT2D eigenvalue weighted by Crippen LogP contribution is 2.21. The largest absolute Gasteiger partial charge is 0.300 e. The summed E-state index contributed by atoms with van der Waals surface area (Å²) in [5, 5.41) is 0. The minimum absolute atomic E-state index is 0.312. The Labute approximate surface area is 81.3 Å². The first kappa shape index (κ1) is 10.7. The molecule has 0 N–H and O–H groups in total. The van der Waals surface area contributed by atoms with Crippen molar-refractivity contribution in [3.8, 4) is 0 Å². The summed E-state index contributed by atoms with van der Waals surface area (Å²) < 4.78 is 0. The summed E-state index contributed by atoms with van der Waals surface area (Å²) in [4.78, 5) is 13.4. The van der Waals surface area contributed by atoms with E-state index in [1.807, 2.05) is 0 Å². The summed E-state index contributed by atoms with van der Waals surface area (Å²) in [6.07, 6.45) is 3.32. The number of Topliss-reactive ketones (excluding diaryl/α,β-unsaturated/α-hetero) is 1. The first-order chi connectivity index (χ1) is 6.13. The molecule has 1 aliphatic rings. The first-order valence-corrected chi connectivity index (χ1v) is 5.37. The zero-order valence-electron chi connectivity index (χ0n) is 9.05. The van der Waals surface area contributed by atoms with Crippen molar-refractivity contribution in [1.29, 1.82) is 0 Å². The third kappa shape index (κ3) is 3.11. The van der Waals surface area contributed by atoms with Crippen LogP contribution >= 0.6 is 0 Å². The molecule has 0 saturated carbocycles. The maximum atomic E-state index is 10.9. The minimum atomic E-state index is 0.312. The van der Waals surface area contributed by atoms with Crippen LogP contribution in [0, 0.1) is 5.92 Å². The van der Waals surface area contributed by atoms with Crippen molar-refractivity contribution in [2.45, 2.75) is 46.1 Å². The van der Waals surface area contributed by atoms with Crippen LogP contribution in [0.2, 0.25) is 0 Å². The number of likely N-dealkylation sites (tertiary alicyclic amines) is 1. The highest BCUT2D eigenvalue weighted by Gasteiger charge is 2.24. The molecule has 0 radical (unpaired) electrons. The van der Waals surface area contributed by atoms with Crippen LogP contribution in [0.1, 0.15) is 40.0 Å². The van der Waals surface area contributed by atoms with Crippen LogP contribution in [0.25, 0.3) is 0 Å². The summed E-state index contributed by atoms with van der Waals surface area (Å²) >= 11 is 0. The molecule has 2 atom stereocenters. The van der Waals surface area contributed by atoms with Gasteiger partial charge in [0.1, 0.15) is 5.78 Å². The zero-order chi connectivity index (χ0) is 9.84. The van der Waals surface area contributed by atoms with E-state index in [2.05, 4.69) is 18.7 Å². The van der Waals surface area contributed by atoms with Crippen molar-refractivity contribution >= 4 is 5.78 Å². The Morgan fingerprint density at radius 3 is 2.77 bits per heavy atom. The normalized spacial score (nSPS) is 26.2. The Balaban J connectivity index is 2.32. The number of ketones is 1. The summed E-state index contributed by atoms with van der Waals surface area (Å²) in [5.41, 5.74) is 0. The van der Waals surface area contributed by atoms with E-state index in [1.54, 1.807) is 6.92 Å². The fourth-order valence-corrected chi connectivity index (χ4v) is 2.14. The van der Waals surface area contributed by atoms with E-state index in [0.29, 0.717) is 11.8 Å². The maximum Gasteiger partial charge on any atom is 0.131 e. The fourth-order valence-electron chi connectivity index (χ4n) is 2.14. The molecule has 13 heavy (non-hydrogen) atoms. The molecule has 1 heterocycles.